The number of aliphatic hydroxyl groups is 2. The van der Waals surface area contributed by atoms with Crippen molar-refractivity contribution in [2.75, 3.05) is 6.54 Å². The smallest absolute Gasteiger partial charge is 0.407 e. The van der Waals surface area contributed by atoms with Crippen LogP contribution in [-0.4, -0.2) is 38.9 Å². The zero-order valence-electron chi connectivity index (χ0n) is 14.1. The van der Waals surface area contributed by atoms with E-state index in [0.29, 0.717) is 5.56 Å². The van der Waals surface area contributed by atoms with E-state index in [-0.39, 0.29) is 19.6 Å². The number of fused-ring (bicyclic) bond motifs is 1. The van der Waals surface area contributed by atoms with Crippen molar-refractivity contribution in [1.29, 1.82) is 0 Å². The van der Waals surface area contributed by atoms with E-state index >= 15 is 0 Å². The number of carbonyl (C=O) groups is 1. The Kier molecular flexibility index (Phi) is 5.83. The number of hydrogen-bond acceptors (Lipinski definition) is 5. The summed E-state index contributed by atoms with van der Waals surface area (Å²) in [6, 6.07) is 14.6. The van der Waals surface area contributed by atoms with Crippen LogP contribution in [0.15, 0.2) is 54.9 Å². The van der Waals surface area contributed by atoms with Gasteiger partial charge in [0.25, 0.3) is 0 Å². The lowest BCUT2D eigenvalue weighted by atomic mass is 10.0. The molecule has 4 N–H and O–H groups in total. The molecule has 2 atom stereocenters. The maximum atomic E-state index is 11.7. The molecule has 0 radical (unpaired) electrons. The average molecular weight is 355 g/mol. The first-order valence-corrected chi connectivity index (χ1v) is 8.37. The van der Waals surface area contributed by atoms with Crippen LogP contribution in [0.25, 0.3) is 11.0 Å². The van der Waals surface area contributed by atoms with Crippen molar-refractivity contribution in [3.63, 3.8) is 0 Å². The number of hydrogen-bond donors (Lipinski definition) is 4. The topological polar surface area (TPSA) is 107 Å². The molecule has 1 heterocycles. The van der Waals surface area contributed by atoms with E-state index in [1.54, 1.807) is 24.5 Å². The van der Waals surface area contributed by atoms with E-state index in [0.717, 1.165) is 16.6 Å². The number of benzene rings is 2. The Morgan fingerprint density at radius 1 is 1.19 bits per heavy atom. The molecule has 0 saturated carbocycles. The summed E-state index contributed by atoms with van der Waals surface area (Å²) in [6.45, 7) is 0.375. The van der Waals surface area contributed by atoms with Gasteiger partial charge >= 0.3 is 6.09 Å². The Labute approximate surface area is 150 Å². The van der Waals surface area contributed by atoms with Crippen LogP contribution in [0.1, 0.15) is 23.7 Å². The number of amides is 1. The van der Waals surface area contributed by atoms with Gasteiger partial charge in [-0.25, -0.2) is 9.78 Å². The van der Waals surface area contributed by atoms with Crippen molar-refractivity contribution < 1.29 is 19.7 Å². The van der Waals surface area contributed by atoms with Gasteiger partial charge in [0, 0.05) is 6.54 Å². The van der Waals surface area contributed by atoms with E-state index in [1.807, 2.05) is 30.3 Å². The fourth-order valence-electron chi connectivity index (χ4n) is 2.61. The molecule has 0 bridgehead atoms. The molecule has 136 valence electrons. The van der Waals surface area contributed by atoms with Gasteiger partial charge in [0.2, 0.25) is 0 Å². The van der Waals surface area contributed by atoms with Gasteiger partial charge in [-0.15, -0.1) is 0 Å². The number of alkyl carbamates (subject to hydrolysis) is 1. The van der Waals surface area contributed by atoms with Gasteiger partial charge in [0.15, 0.2) is 0 Å². The minimum absolute atomic E-state index is 0.183. The molecule has 0 spiro atoms. The summed E-state index contributed by atoms with van der Waals surface area (Å²) in [4.78, 5) is 18.7. The van der Waals surface area contributed by atoms with E-state index in [1.165, 1.54) is 0 Å². The Balaban J connectivity index is 1.42. The third-order valence-corrected chi connectivity index (χ3v) is 4.07. The minimum Gasteiger partial charge on any atom is -0.445 e. The first kappa shape index (κ1) is 17.9. The number of aliphatic hydroxyl groups excluding tert-OH is 2. The van der Waals surface area contributed by atoms with Crippen LogP contribution in [0, 0.1) is 0 Å². The SMILES string of the molecule is O=C(NCCC(O)C(O)c1ccc2nc[nH]c2c1)OCc1ccccc1. The molecule has 7 nitrogen and oxygen atoms in total. The number of rotatable bonds is 7. The molecule has 3 rings (SSSR count). The van der Waals surface area contributed by atoms with Gasteiger partial charge in [0.05, 0.1) is 23.5 Å². The summed E-state index contributed by atoms with van der Waals surface area (Å²) in [5.74, 6) is 0. The van der Waals surface area contributed by atoms with Crippen molar-refractivity contribution in [3.05, 3.63) is 66.0 Å². The number of nitrogens with one attached hydrogen (secondary N) is 2. The van der Waals surface area contributed by atoms with Crippen LogP contribution in [0.5, 0.6) is 0 Å². The van der Waals surface area contributed by atoms with Gasteiger partial charge in [-0.1, -0.05) is 36.4 Å². The zero-order valence-corrected chi connectivity index (χ0v) is 14.1. The number of nitrogens with zero attached hydrogens (tertiary/aromatic N) is 1. The normalized spacial score (nSPS) is 13.3. The summed E-state index contributed by atoms with van der Waals surface area (Å²) in [5, 5.41) is 23.0. The number of H-pyrrole nitrogens is 1. The fraction of sp³-hybridized carbons (Fsp3) is 0.263. The number of carbonyl (C=O) groups excluding carboxylic acids is 1. The van der Waals surface area contributed by atoms with Gasteiger partial charge in [-0.2, -0.15) is 0 Å². The molecule has 2 aromatic carbocycles. The summed E-state index contributed by atoms with van der Waals surface area (Å²) in [6.07, 6.45) is -0.853. The van der Waals surface area contributed by atoms with Crippen molar-refractivity contribution in [2.24, 2.45) is 0 Å². The second-order valence-electron chi connectivity index (χ2n) is 5.97. The largest absolute Gasteiger partial charge is 0.445 e. The quantitative estimate of drug-likeness (QED) is 0.520. The van der Waals surface area contributed by atoms with Crippen LogP contribution in [0.2, 0.25) is 0 Å². The number of aromatic amines is 1. The Bertz CT molecular complexity index is 850. The molecule has 26 heavy (non-hydrogen) atoms. The maximum Gasteiger partial charge on any atom is 0.407 e. The average Bonchev–Trinajstić information content (AvgIpc) is 3.14. The van der Waals surface area contributed by atoms with E-state index in [9.17, 15) is 15.0 Å². The summed E-state index contributed by atoms with van der Waals surface area (Å²) in [7, 11) is 0. The molecule has 3 aromatic rings. The lowest BCUT2D eigenvalue weighted by Crippen LogP contribution is -2.29. The van der Waals surface area contributed by atoms with Gasteiger partial charge in [-0.3, -0.25) is 0 Å². The third kappa shape index (κ3) is 4.59. The molecule has 1 amide bonds. The monoisotopic (exact) mass is 355 g/mol. The van der Waals surface area contributed by atoms with Crippen molar-refractivity contribution in [1.82, 2.24) is 15.3 Å². The Hall–Kier alpha value is -2.90. The molecule has 0 aliphatic rings. The predicted molar refractivity (Wildman–Crippen MR) is 96.3 cm³/mol. The summed E-state index contributed by atoms with van der Waals surface area (Å²) < 4.78 is 5.09. The molecule has 0 saturated heterocycles. The Morgan fingerprint density at radius 3 is 2.81 bits per heavy atom. The van der Waals surface area contributed by atoms with Crippen molar-refractivity contribution >= 4 is 17.1 Å². The molecule has 2 unspecified atom stereocenters. The molecule has 7 heteroatoms. The lowest BCUT2D eigenvalue weighted by molar-refractivity contribution is 0.0137. The summed E-state index contributed by atoms with van der Waals surface area (Å²) in [5.41, 5.74) is 3.06. The highest BCUT2D eigenvalue weighted by Crippen LogP contribution is 2.22. The highest BCUT2D eigenvalue weighted by Gasteiger charge is 2.19. The molecular weight excluding hydrogens is 334 g/mol. The highest BCUT2D eigenvalue weighted by molar-refractivity contribution is 5.75. The molecule has 0 aliphatic heterocycles. The minimum atomic E-state index is -1.05. The maximum absolute atomic E-state index is 11.7. The van der Waals surface area contributed by atoms with Gasteiger partial charge < -0.3 is 25.3 Å². The predicted octanol–water partition coefficient (Wildman–Crippen LogP) is 2.27. The fourth-order valence-corrected chi connectivity index (χ4v) is 2.61. The first-order valence-electron chi connectivity index (χ1n) is 8.37. The second kappa shape index (κ2) is 8.46. The number of ether oxygens (including phenoxy) is 1. The standard InChI is InChI=1S/C19H21N3O4/c23-17(18(24)14-6-7-15-16(10-14)22-12-21-15)8-9-20-19(25)26-11-13-4-2-1-3-5-13/h1-7,10,12,17-18,23-24H,8-9,11H2,(H,20,25)(H,21,22). The van der Waals surface area contributed by atoms with Crippen LogP contribution < -0.4 is 5.32 Å². The van der Waals surface area contributed by atoms with Crippen LogP contribution in [0.3, 0.4) is 0 Å². The molecule has 1 aromatic heterocycles. The lowest BCUT2D eigenvalue weighted by Gasteiger charge is -2.18. The van der Waals surface area contributed by atoms with Crippen LogP contribution in [0.4, 0.5) is 4.79 Å². The third-order valence-electron chi connectivity index (χ3n) is 4.07. The molecule has 0 aliphatic carbocycles. The second-order valence-corrected chi connectivity index (χ2v) is 5.97. The highest BCUT2D eigenvalue weighted by atomic mass is 16.5. The van der Waals surface area contributed by atoms with Crippen LogP contribution in [-0.2, 0) is 11.3 Å². The molecular formula is C19H21N3O4. The van der Waals surface area contributed by atoms with Crippen LogP contribution >= 0.6 is 0 Å². The van der Waals surface area contributed by atoms with Gasteiger partial charge in [-0.05, 0) is 29.7 Å². The number of aromatic nitrogens is 2. The van der Waals surface area contributed by atoms with E-state index in [4.69, 9.17) is 4.74 Å². The van der Waals surface area contributed by atoms with Gasteiger partial charge in [0.1, 0.15) is 12.7 Å². The van der Waals surface area contributed by atoms with E-state index < -0.39 is 18.3 Å². The van der Waals surface area contributed by atoms with E-state index in [2.05, 4.69) is 15.3 Å². The zero-order chi connectivity index (χ0) is 18.4. The molecule has 0 fully saturated rings. The number of imidazole rings is 1. The van der Waals surface area contributed by atoms with Crippen molar-refractivity contribution in [3.8, 4) is 0 Å². The Morgan fingerprint density at radius 2 is 2.00 bits per heavy atom. The first-order chi connectivity index (χ1) is 12.6. The van der Waals surface area contributed by atoms with Crippen molar-refractivity contribution in [2.45, 2.75) is 25.2 Å². The summed E-state index contributed by atoms with van der Waals surface area (Å²) >= 11 is 0.